The van der Waals surface area contributed by atoms with Crippen LogP contribution in [0, 0.1) is 0 Å². The molecule has 0 saturated heterocycles. The van der Waals surface area contributed by atoms with Gasteiger partial charge in [0.15, 0.2) is 6.10 Å². The summed E-state index contributed by atoms with van der Waals surface area (Å²) in [6, 6.07) is 0. The minimum atomic E-state index is -2.39. The minimum Gasteiger partial charge on any atom is -0.481 e. The Balaban J connectivity index is 4.47. The highest BCUT2D eigenvalue weighted by Gasteiger charge is 2.36. The quantitative estimate of drug-likeness (QED) is 0.198. The number of rotatable bonds is 7. The molecule has 0 aromatic carbocycles. The number of aliphatic hydroxyl groups excluding tert-OH is 5. The van der Waals surface area contributed by atoms with E-state index < -0.39 is 55.4 Å². The first-order valence-corrected chi connectivity index (χ1v) is 5.00. The van der Waals surface area contributed by atoms with Crippen LogP contribution in [0.15, 0.2) is 0 Å². The van der Waals surface area contributed by atoms with Crippen LogP contribution in [0.5, 0.6) is 0 Å². The van der Waals surface area contributed by atoms with E-state index in [2.05, 4.69) is 4.74 Å². The molecule has 10 nitrogen and oxygen atoms in total. The molecule has 0 heterocycles. The molecular formula is C9H14O10. The maximum absolute atomic E-state index is 11.1. The van der Waals surface area contributed by atoms with Gasteiger partial charge in [-0.1, -0.05) is 0 Å². The van der Waals surface area contributed by atoms with Gasteiger partial charge in [-0.25, -0.2) is 4.79 Å². The normalized spacial score (nSPS) is 17.1. The van der Waals surface area contributed by atoms with Gasteiger partial charge in [0, 0.05) is 0 Å². The van der Waals surface area contributed by atoms with Crippen molar-refractivity contribution in [3.05, 3.63) is 0 Å². The molecule has 0 spiro atoms. The molecule has 19 heavy (non-hydrogen) atoms. The highest BCUT2D eigenvalue weighted by atomic mass is 16.6. The van der Waals surface area contributed by atoms with Crippen molar-refractivity contribution in [1.29, 1.82) is 0 Å². The van der Waals surface area contributed by atoms with Gasteiger partial charge in [0.2, 0.25) is 0 Å². The van der Waals surface area contributed by atoms with Gasteiger partial charge in [0.25, 0.3) is 0 Å². The van der Waals surface area contributed by atoms with Crippen molar-refractivity contribution in [3.8, 4) is 0 Å². The van der Waals surface area contributed by atoms with Crippen molar-refractivity contribution in [2.75, 3.05) is 6.61 Å². The van der Waals surface area contributed by atoms with E-state index in [1.165, 1.54) is 0 Å². The number of hydrogen-bond donors (Lipinski definition) is 6. The molecule has 0 saturated carbocycles. The third-order valence-corrected chi connectivity index (χ3v) is 2.01. The predicted molar refractivity (Wildman–Crippen MR) is 54.5 cm³/mol. The number of aliphatic carboxylic acids is 1. The van der Waals surface area contributed by atoms with Crippen LogP contribution in [-0.4, -0.2) is 79.6 Å². The lowest BCUT2D eigenvalue weighted by Gasteiger charge is -2.24. The summed E-state index contributed by atoms with van der Waals surface area (Å²) in [4.78, 5) is 32.0. The average molecular weight is 282 g/mol. The lowest BCUT2D eigenvalue weighted by molar-refractivity contribution is -0.177. The smallest absolute Gasteiger partial charge is 0.345 e. The molecule has 0 unspecified atom stereocenters. The summed E-state index contributed by atoms with van der Waals surface area (Å²) in [6.07, 6.45) is -9.65. The second-order valence-corrected chi connectivity index (χ2v) is 3.54. The van der Waals surface area contributed by atoms with Crippen LogP contribution >= 0.6 is 0 Å². The van der Waals surface area contributed by atoms with Crippen LogP contribution in [0.1, 0.15) is 6.42 Å². The van der Waals surface area contributed by atoms with E-state index in [1.54, 1.807) is 0 Å². The largest absolute Gasteiger partial charge is 0.481 e. The number of carbonyl (C=O) groups is 3. The molecule has 0 aliphatic carbocycles. The Hall–Kier alpha value is -1.59. The summed E-state index contributed by atoms with van der Waals surface area (Å²) in [5, 5.41) is 53.3. The van der Waals surface area contributed by atoms with Crippen molar-refractivity contribution in [3.63, 3.8) is 0 Å². The first kappa shape index (κ1) is 17.4. The first-order chi connectivity index (χ1) is 8.70. The maximum Gasteiger partial charge on any atom is 0.345 e. The Morgan fingerprint density at radius 2 is 1.53 bits per heavy atom. The first-order valence-electron chi connectivity index (χ1n) is 5.00. The van der Waals surface area contributed by atoms with E-state index in [4.69, 9.17) is 15.3 Å². The van der Waals surface area contributed by atoms with Crippen molar-refractivity contribution in [2.45, 2.75) is 30.8 Å². The summed E-state index contributed by atoms with van der Waals surface area (Å²) < 4.78 is 3.88. The van der Waals surface area contributed by atoms with Crippen molar-refractivity contribution >= 4 is 17.9 Å². The zero-order valence-corrected chi connectivity index (χ0v) is 9.54. The molecule has 6 N–H and O–H groups in total. The number of ether oxygens (including phenoxy) is 1. The van der Waals surface area contributed by atoms with Crippen molar-refractivity contribution < 1.29 is 49.8 Å². The highest BCUT2D eigenvalue weighted by Crippen LogP contribution is 2.07. The van der Waals surface area contributed by atoms with Crippen LogP contribution < -0.4 is 0 Å². The fourth-order valence-electron chi connectivity index (χ4n) is 0.994. The van der Waals surface area contributed by atoms with Gasteiger partial charge in [0.1, 0.15) is 24.7 Å². The number of carbonyl (C=O) groups excluding carboxylic acids is 2. The fraction of sp³-hybridized carbons (Fsp3) is 0.667. The molecule has 0 aliphatic rings. The van der Waals surface area contributed by atoms with Crippen LogP contribution in [-0.2, 0) is 19.1 Å². The van der Waals surface area contributed by atoms with Gasteiger partial charge in [-0.15, -0.1) is 0 Å². The summed E-state index contributed by atoms with van der Waals surface area (Å²) >= 11 is 0. The summed E-state index contributed by atoms with van der Waals surface area (Å²) in [7, 11) is 0. The van der Waals surface area contributed by atoms with Crippen molar-refractivity contribution in [1.82, 2.24) is 0 Å². The molecule has 0 amide bonds. The molecule has 0 rings (SSSR count). The summed E-state index contributed by atoms with van der Waals surface area (Å²) in [5.74, 6) is -4.73. The van der Waals surface area contributed by atoms with Gasteiger partial charge < -0.3 is 35.4 Å². The number of esters is 2. The van der Waals surface area contributed by atoms with Gasteiger partial charge in [0.05, 0.1) is 6.61 Å². The Morgan fingerprint density at radius 1 is 1.00 bits per heavy atom. The zero-order valence-electron chi connectivity index (χ0n) is 9.54. The van der Waals surface area contributed by atoms with Crippen LogP contribution in [0.25, 0.3) is 0 Å². The molecule has 4 atom stereocenters. The number of carboxylic acid groups (broad SMARTS) is 1. The highest BCUT2D eigenvalue weighted by molar-refractivity contribution is 5.96. The predicted octanol–water partition coefficient (Wildman–Crippen LogP) is -4.03. The topological polar surface area (TPSA) is 182 Å². The van der Waals surface area contributed by atoms with E-state index in [0.29, 0.717) is 0 Å². The van der Waals surface area contributed by atoms with E-state index in [-0.39, 0.29) is 0 Å². The second kappa shape index (κ2) is 7.76. The Bertz CT molecular complexity index is 340. The Kier molecular flexibility index (Phi) is 7.11. The maximum atomic E-state index is 11.1. The van der Waals surface area contributed by atoms with Crippen LogP contribution in [0.3, 0.4) is 0 Å². The van der Waals surface area contributed by atoms with Gasteiger partial charge in [-0.2, -0.15) is 0 Å². The second-order valence-electron chi connectivity index (χ2n) is 3.54. The van der Waals surface area contributed by atoms with E-state index in [9.17, 15) is 29.7 Å². The fourth-order valence-corrected chi connectivity index (χ4v) is 0.994. The van der Waals surface area contributed by atoms with E-state index >= 15 is 0 Å². The average Bonchev–Trinajstić information content (AvgIpc) is 2.33. The SMILES string of the molecule is O=C(O)CC(=O)OC(=O)[C@H](O)[C@@H](O)[C@H](O)[C@H](O)CO. The van der Waals surface area contributed by atoms with Gasteiger partial charge >= 0.3 is 17.9 Å². The lowest BCUT2D eigenvalue weighted by atomic mass is 10.0. The molecule has 10 heteroatoms. The lowest BCUT2D eigenvalue weighted by Crippen LogP contribution is -2.49. The zero-order chi connectivity index (χ0) is 15.2. The molecule has 0 radical (unpaired) electrons. The molecule has 0 aromatic rings. The molecule has 0 bridgehead atoms. The number of carboxylic acids is 1. The monoisotopic (exact) mass is 282 g/mol. The van der Waals surface area contributed by atoms with E-state index in [0.717, 1.165) is 0 Å². The molecule has 0 fully saturated rings. The van der Waals surface area contributed by atoms with Crippen molar-refractivity contribution in [2.24, 2.45) is 0 Å². The third kappa shape index (κ3) is 5.72. The van der Waals surface area contributed by atoms with Crippen LogP contribution in [0.4, 0.5) is 0 Å². The minimum absolute atomic E-state index is 0.946. The molecule has 0 aliphatic heterocycles. The summed E-state index contributed by atoms with van der Waals surface area (Å²) in [6.45, 7) is -0.946. The van der Waals surface area contributed by atoms with Gasteiger partial charge in [-0.05, 0) is 0 Å². The molecule has 110 valence electrons. The molecule has 0 aromatic heterocycles. The Labute approximate surface area is 106 Å². The number of hydrogen-bond acceptors (Lipinski definition) is 9. The van der Waals surface area contributed by atoms with E-state index in [1.807, 2.05) is 0 Å². The third-order valence-electron chi connectivity index (χ3n) is 2.01. The summed E-state index contributed by atoms with van der Waals surface area (Å²) in [5.41, 5.74) is 0. The number of aliphatic hydroxyl groups is 5. The molecular weight excluding hydrogens is 268 g/mol. The van der Waals surface area contributed by atoms with Crippen LogP contribution in [0.2, 0.25) is 0 Å². The Morgan fingerprint density at radius 3 is 1.95 bits per heavy atom. The van der Waals surface area contributed by atoms with Gasteiger partial charge in [-0.3, -0.25) is 9.59 Å². The standard InChI is InChI=1S/C9H14O10/c10-2-3(11)6(15)7(16)8(17)9(18)19-5(14)1-4(12)13/h3,6-8,10-11,15-17H,1-2H2,(H,12,13)/t3-,6-,7+,8-/m1/s1.